The summed E-state index contributed by atoms with van der Waals surface area (Å²) >= 11 is 0. The third-order valence-electron chi connectivity index (χ3n) is 13.3. The number of hydrogen-bond donors (Lipinski definition) is 0. The van der Waals surface area contributed by atoms with Crippen LogP contribution in [0, 0.1) is 73.0 Å². The molecule has 224 valence electrons. The molecule has 3 aliphatic rings. The van der Waals surface area contributed by atoms with Gasteiger partial charge >= 0.3 is 0 Å². The van der Waals surface area contributed by atoms with Gasteiger partial charge in [0, 0.05) is 0 Å². The Bertz CT molecular complexity index is 1190. The van der Waals surface area contributed by atoms with E-state index in [2.05, 4.69) is 111 Å². The van der Waals surface area contributed by atoms with Crippen molar-refractivity contribution in [1.29, 1.82) is 0 Å². The van der Waals surface area contributed by atoms with Crippen LogP contribution in [0.2, 0.25) is 0 Å². The lowest BCUT2D eigenvalue weighted by molar-refractivity contribution is 0.0554. The van der Waals surface area contributed by atoms with E-state index in [9.17, 15) is 0 Å². The molecule has 0 saturated heterocycles. The lowest BCUT2D eigenvalue weighted by Crippen LogP contribution is -2.45. The van der Waals surface area contributed by atoms with Crippen molar-refractivity contribution in [3.05, 3.63) is 50.1 Å². The zero-order valence-electron chi connectivity index (χ0n) is 29.3. The number of hydrogen-bond acceptors (Lipinski definition) is 0. The third-order valence-corrected chi connectivity index (χ3v) is 13.3. The summed E-state index contributed by atoms with van der Waals surface area (Å²) in [5.74, 6) is 8.10. The average Bonchev–Trinajstić information content (AvgIpc) is 2.88. The van der Waals surface area contributed by atoms with E-state index in [4.69, 9.17) is 0 Å². The first-order valence-corrected chi connectivity index (χ1v) is 17.1. The molecule has 1 fully saturated rings. The number of rotatable bonds is 5. The quantitative estimate of drug-likeness (QED) is 0.346. The molecule has 0 aliphatic heterocycles. The predicted octanol–water partition coefficient (Wildman–Crippen LogP) is 11.9. The molecular weight excluding hydrogens is 480 g/mol. The van der Waals surface area contributed by atoms with Crippen LogP contribution in [-0.2, 0) is 6.42 Å². The Balaban J connectivity index is 2.23. The average molecular weight is 545 g/mol. The van der Waals surface area contributed by atoms with Gasteiger partial charge in [-0.15, -0.1) is 0 Å². The highest BCUT2D eigenvalue weighted by molar-refractivity contribution is 5.83. The minimum Gasteiger partial charge on any atom is -0.0661 e. The maximum Gasteiger partial charge on any atom is -0.00563 e. The molecule has 0 heterocycles. The van der Waals surface area contributed by atoms with Crippen molar-refractivity contribution in [2.75, 3.05) is 0 Å². The first kappa shape index (κ1) is 31.6. The van der Waals surface area contributed by atoms with E-state index < -0.39 is 0 Å². The van der Waals surface area contributed by atoms with Gasteiger partial charge < -0.3 is 0 Å². The summed E-state index contributed by atoms with van der Waals surface area (Å²) in [6.07, 6.45) is 2.39. The van der Waals surface area contributed by atoms with Gasteiger partial charge in [0.2, 0.25) is 0 Å². The highest BCUT2D eigenvalue weighted by Crippen LogP contribution is 2.61. The Morgan fingerprint density at radius 3 is 1.50 bits per heavy atom. The molecule has 1 aromatic rings. The first-order chi connectivity index (χ1) is 18.5. The fourth-order valence-electron chi connectivity index (χ4n) is 9.83. The van der Waals surface area contributed by atoms with Crippen molar-refractivity contribution in [1.82, 2.24) is 0 Å². The minimum atomic E-state index is 0.590. The van der Waals surface area contributed by atoms with Crippen molar-refractivity contribution in [3.63, 3.8) is 0 Å². The van der Waals surface area contributed by atoms with E-state index in [0.29, 0.717) is 59.2 Å². The maximum absolute atomic E-state index is 2.62. The van der Waals surface area contributed by atoms with Crippen LogP contribution in [0.5, 0.6) is 0 Å². The van der Waals surface area contributed by atoms with E-state index >= 15 is 0 Å². The van der Waals surface area contributed by atoms with E-state index in [1.807, 2.05) is 0 Å². The molecule has 0 spiro atoms. The molecule has 0 radical (unpaired) electrons. The van der Waals surface area contributed by atoms with Crippen LogP contribution in [0.15, 0.2) is 16.7 Å². The summed E-state index contributed by atoms with van der Waals surface area (Å²) in [5, 5.41) is 0. The highest BCUT2D eigenvalue weighted by atomic mass is 14.5. The molecule has 0 bridgehead atoms. The summed E-state index contributed by atoms with van der Waals surface area (Å²) in [4.78, 5) is 0. The van der Waals surface area contributed by atoms with Gasteiger partial charge in [-0.05, 0) is 162 Å². The fraction of sp³-hybridized carbons (Fsp3) is 0.750. The number of allylic oxidation sites excluding steroid dienone is 4. The molecule has 10 atom stereocenters. The van der Waals surface area contributed by atoms with Crippen LogP contribution >= 0.6 is 0 Å². The molecule has 1 aromatic carbocycles. The lowest BCUT2D eigenvalue weighted by atomic mass is 9.50. The SMILES string of the molecule is CC1=C(C)C2C(C)C(C)C(C)C(C)C2C(c2c(CC(C)C)c(C)c(C)c3c2C(C)C(C)C(C)C3C)=C1CC(C)C. The van der Waals surface area contributed by atoms with Gasteiger partial charge in [0.15, 0.2) is 0 Å². The molecule has 4 rings (SSSR count). The van der Waals surface area contributed by atoms with Crippen LogP contribution in [0.1, 0.15) is 149 Å². The van der Waals surface area contributed by atoms with E-state index in [1.54, 1.807) is 55.7 Å². The van der Waals surface area contributed by atoms with Crippen LogP contribution < -0.4 is 0 Å². The van der Waals surface area contributed by atoms with E-state index in [-0.39, 0.29) is 0 Å². The topological polar surface area (TPSA) is 0 Å². The monoisotopic (exact) mass is 545 g/mol. The smallest absolute Gasteiger partial charge is 0.00563 e. The lowest BCUT2D eigenvalue weighted by Gasteiger charge is -2.54. The van der Waals surface area contributed by atoms with Crippen molar-refractivity contribution in [2.24, 2.45) is 59.2 Å². The zero-order valence-corrected chi connectivity index (χ0v) is 29.3. The minimum absolute atomic E-state index is 0.590. The van der Waals surface area contributed by atoms with E-state index in [0.717, 1.165) is 11.8 Å². The molecule has 10 unspecified atom stereocenters. The summed E-state index contributed by atoms with van der Waals surface area (Å²) in [6.45, 7) is 40.2. The zero-order chi connectivity index (χ0) is 30.1. The van der Waals surface area contributed by atoms with Gasteiger partial charge in [-0.1, -0.05) is 88.7 Å². The molecule has 1 saturated carbocycles. The Morgan fingerprint density at radius 1 is 0.525 bits per heavy atom. The van der Waals surface area contributed by atoms with Crippen molar-refractivity contribution >= 4 is 5.57 Å². The Morgan fingerprint density at radius 2 is 1.00 bits per heavy atom. The van der Waals surface area contributed by atoms with Gasteiger partial charge in [0.05, 0.1) is 0 Å². The normalized spacial score (nSPS) is 36.5. The largest absolute Gasteiger partial charge is 0.0661 e. The van der Waals surface area contributed by atoms with Crippen molar-refractivity contribution in [2.45, 2.75) is 135 Å². The van der Waals surface area contributed by atoms with Gasteiger partial charge in [0.25, 0.3) is 0 Å². The Kier molecular flexibility index (Phi) is 9.03. The second-order valence-corrected chi connectivity index (χ2v) is 16.1. The molecule has 3 aliphatic carbocycles. The highest BCUT2D eigenvalue weighted by Gasteiger charge is 2.50. The van der Waals surface area contributed by atoms with Crippen LogP contribution in [0.4, 0.5) is 0 Å². The Hall–Kier alpha value is -1.30. The van der Waals surface area contributed by atoms with Crippen LogP contribution in [0.3, 0.4) is 0 Å². The maximum atomic E-state index is 2.62. The van der Waals surface area contributed by atoms with Gasteiger partial charge in [0.1, 0.15) is 0 Å². The van der Waals surface area contributed by atoms with Crippen molar-refractivity contribution in [3.8, 4) is 0 Å². The van der Waals surface area contributed by atoms with Gasteiger partial charge in [-0.2, -0.15) is 0 Å². The Labute approximate surface area is 249 Å². The summed E-state index contributed by atoms with van der Waals surface area (Å²) in [6, 6.07) is 0. The molecule has 0 nitrogen and oxygen atoms in total. The van der Waals surface area contributed by atoms with Gasteiger partial charge in [-0.25, -0.2) is 0 Å². The first-order valence-electron chi connectivity index (χ1n) is 17.1. The summed E-state index contributed by atoms with van der Waals surface area (Å²) in [5.41, 5.74) is 17.0. The van der Waals surface area contributed by atoms with Crippen LogP contribution in [-0.4, -0.2) is 0 Å². The van der Waals surface area contributed by atoms with Gasteiger partial charge in [-0.3, -0.25) is 0 Å². The summed E-state index contributed by atoms with van der Waals surface area (Å²) in [7, 11) is 0. The molecule has 0 aromatic heterocycles. The van der Waals surface area contributed by atoms with Crippen LogP contribution in [0.25, 0.3) is 5.57 Å². The molecule has 0 amide bonds. The fourth-order valence-corrected chi connectivity index (χ4v) is 9.83. The molecule has 40 heavy (non-hydrogen) atoms. The second-order valence-electron chi connectivity index (χ2n) is 16.1. The molecule has 0 heteroatoms. The molecule has 0 N–H and O–H groups in total. The number of benzene rings is 1. The van der Waals surface area contributed by atoms with Crippen molar-refractivity contribution < 1.29 is 0 Å². The summed E-state index contributed by atoms with van der Waals surface area (Å²) < 4.78 is 0. The second kappa shape index (κ2) is 11.4. The van der Waals surface area contributed by atoms with E-state index in [1.165, 1.54) is 12.8 Å². The predicted molar refractivity (Wildman–Crippen MR) is 178 cm³/mol. The third kappa shape index (κ3) is 4.80. The standard InChI is InChI=1S/C40H64/c1-19(2)17-33-25(9)31(15)35-27(11)21(5)23(7)29(13)37(35)39(33)40-34(18-20(3)4)26(10)32(16)36-28(12)22(6)24(8)30(14)38(36)40/h19-24,27-30,35,37H,17-18H2,1-16H3. The molecular formula is C40H64. The number of fused-ring (bicyclic) bond motifs is 2.